The number of nitrogens with one attached hydrogen (secondary N) is 1. The first kappa shape index (κ1) is 4.79. The van der Waals surface area contributed by atoms with E-state index in [1.807, 2.05) is 6.08 Å². The molecule has 0 radical (unpaired) electrons. The summed E-state index contributed by atoms with van der Waals surface area (Å²) >= 11 is 0. The summed E-state index contributed by atoms with van der Waals surface area (Å²) in [5.41, 5.74) is 2.29. The number of allylic oxidation sites excluding steroid dienone is 2. The molecule has 0 aromatic rings. The number of rotatable bonds is 0. The molecule has 2 heteroatoms. The molecule has 0 saturated heterocycles. The fourth-order valence-corrected chi connectivity index (χ4v) is 1.23. The maximum Gasteiger partial charge on any atom is 0.228 e. The van der Waals surface area contributed by atoms with Crippen molar-refractivity contribution >= 4 is 5.91 Å². The Hall–Kier alpha value is -1.05. The Bertz CT molecular complexity index is 225. The molecule has 1 amide bonds. The third-order valence-corrected chi connectivity index (χ3v) is 1.67. The molecule has 46 valence electrons. The number of hydrogen-bond donors (Lipinski definition) is 1. The Morgan fingerprint density at radius 3 is 3.22 bits per heavy atom. The molecule has 0 spiro atoms. The van der Waals surface area contributed by atoms with Gasteiger partial charge in [0.05, 0.1) is 6.42 Å². The van der Waals surface area contributed by atoms with Crippen LogP contribution in [0.4, 0.5) is 0 Å². The van der Waals surface area contributed by atoms with Gasteiger partial charge in [0.1, 0.15) is 0 Å². The van der Waals surface area contributed by atoms with E-state index < -0.39 is 0 Å². The molecule has 1 aliphatic heterocycles. The van der Waals surface area contributed by atoms with Gasteiger partial charge in [-0.15, -0.1) is 0 Å². The summed E-state index contributed by atoms with van der Waals surface area (Å²) in [6, 6.07) is 0. The Morgan fingerprint density at radius 1 is 1.56 bits per heavy atom. The fraction of sp³-hybridized carbons (Fsp3) is 0.286. The second-order valence-electron chi connectivity index (χ2n) is 2.34. The highest BCUT2D eigenvalue weighted by Crippen LogP contribution is 2.23. The maximum atomic E-state index is 10.7. The van der Waals surface area contributed by atoms with Crippen LogP contribution in [0.3, 0.4) is 0 Å². The molecule has 0 bridgehead atoms. The smallest absolute Gasteiger partial charge is 0.228 e. The first-order valence-corrected chi connectivity index (χ1v) is 3.05. The van der Waals surface area contributed by atoms with Gasteiger partial charge in [0, 0.05) is 12.1 Å². The molecule has 0 atom stereocenters. The van der Waals surface area contributed by atoms with Crippen molar-refractivity contribution in [3.63, 3.8) is 0 Å². The minimum Gasteiger partial charge on any atom is -0.329 e. The standard InChI is InChI=1S/C7H7NO/c9-7-4-5-2-1-3-6(5)8-7/h1-2H,3-4H2,(H,8,9). The minimum absolute atomic E-state index is 0.143. The first-order chi connectivity index (χ1) is 4.36. The molecule has 2 aliphatic rings. The van der Waals surface area contributed by atoms with Crippen LogP contribution in [0.1, 0.15) is 12.8 Å². The number of hydrogen-bond acceptors (Lipinski definition) is 1. The lowest BCUT2D eigenvalue weighted by atomic mass is 10.2. The normalized spacial score (nSPS) is 22.9. The predicted octanol–water partition coefficient (Wildman–Crippen LogP) is 0.720. The largest absolute Gasteiger partial charge is 0.329 e. The zero-order chi connectivity index (χ0) is 6.27. The highest BCUT2D eigenvalue weighted by molar-refractivity contribution is 5.85. The highest BCUT2D eigenvalue weighted by Gasteiger charge is 2.20. The van der Waals surface area contributed by atoms with Gasteiger partial charge >= 0.3 is 0 Å². The van der Waals surface area contributed by atoms with Crippen molar-refractivity contribution in [1.82, 2.24) is 5.32 Å². The van der Waals surface area contributed by atoms with Crippen LogP contribution in [-0.2, 0) is 4.79 Å². The summed E-state index contributed by atoms with van der Waals surface area (Å²) < 4.78 is 0. The van der Waals surface area contributed by atoms with Crippen LogP contribution in [0, 0.1) is 0 Å². The quantitative estimate of drug-likeness (QED) is 0.502. The molecule has 0 unspecified atom stereocenters. The lowest BCUT2D eigenvalue weighted by Gasteiger charge is -1.93. The van der Waals surface area contributed by atoms with E-state index >= 15 is 0 Å². The van der Waals surface area contributed by atoms with Crippen molar-refractivity contribution in [1.29, 1.82) is 0 Å². The van der Waals surface area contributed by atoms with Gasteiger partial charge < -0.3 is 5.32 Å². The number of carbonyl (C=O) groups excluding carboxylic acids is 1. The fourth-order valence-electron chi connectivity index (χ4n) is 1.23. The third kappa shape index (κ3) is 0.593. The van der Waals surface area contributed by atoms with E-state index in [4.69, 9.17) is 0 Å². The molecule has 0 aromatic carbocycles. The first-order valence-electron chi connectivity index (χ1n) is 3.05. The molecule has 0 fully saturated rings. The summed E-state index contributed by atoms with van der Waals surface area (Å²) in [6.07, 6.45) is 5.60. The van der Waals surface area contributed by atoms with Crippen LogP contribution in [0.5, 0.6) is 0 Å². The Morgan fingerprint density at radius 2 is 2.44 bits per heavy atom. The molecule has 2 rings (SSSR count). The summed E-state index contributed by atoms with van der Waals surface area (Å²) in [5, 5.41) is 2.79. The van der Waals surface area contributed by atoms with Crippen molar-refractivity contribution in [2.45, 2.75) is 12.8 Å². The summed E-state index contributed by atoms with van der Waals surface area (Å²) in [5.74, 6) is 0.143. The third-order valence-electron chi connectivity index (χ3n) is 1.67. The van der Waals surface area contributed by atoms with Crippen molar-refractivity contribution in [2.75, 3.05) is 0 Å². The number of amides is 1. The molecule has 0 aromatic heterocycles. The lowest BCUT2D eigenvalue weighted by Crippen LogP contribution is -2.14. The Kier molecular flexibility index (Phi) is 0.781. The average molecular weight is 121 g/mol. The van der Waals surface area contributed by atoms with Gasteiger partial charge in [0.2, 0.25) is 5.91 Å². The van der Waals surface area contributed by atoms with Gasteiger partial charge in [0.15, 0.2) is 0 Å². The van der Waals surface area contributed by atoms with E-state index in [2.05, 4.69) is 11.4 Å². The number of carbonyl (C=O) groups is 1. The van der Waals surface area contributed by atoms with Crippen LogP contribution < -0.4 is 5.32 Å². The molecule has 9 heavy (non-hydrogen) atoms. The molecular formula is C7H7NO. The molecular weight excluding hydrogens is 114 g/mol. The van der Waals surface area contributed by atoms with Crippen molar-refractivity contribution in [3.8, 4) is 0 Å². The predicted molar refractivity (Wildman–Crippen MR) is 33.5 cm³/mol. The van der Waals surface area contributed by atoms with E-state index in [1.54, 1.807) is 0 Å². The van der Waals surface area contributed by atoms with Crippen molar-refractivity contribution in [3.05, 3.63) is 23.4 Å². The summed E-state index contributed by atoms with van der Waals surface area (Å²) in [4.78, 5) is 10.7. The second-order valence-corrected chi connectivity index (χ2v) is 2.34. The molecule has 0 saturated carbocycles. The second kappa shape index (κ2) is 1.47. The Labute approximate surface area is 53.2 Å². The van der Waals surface area contributed by atoms with Crippen LogP contribution >= 0.6 is 0 Å². The zero-order valence-corrected chi connectivity index (χ0v) is 4.98. The van der Waals surface area contributed by atoms with E-state index in [-0.39, 0.29) is 5.91 Å². The van der Waals surface area contributed by atoms with Gasteiger partial charge in [0.25, 0.3) is 0 Å². The summed E-state index contributed by atoms with van der Waals surface area (Å²) in [6.45, 7) is 0. The van der Waals surface area contributed by atoms with Gasteiger partial charge in [-0.25, -0.2) is 0 Å². The van der Waals surface area contributed by atoms with Gasteiger partial charge in [-0.1, -0.05) is 12.2 Å². The topological polar surface area (TPSA) is 29.1 Å². The van der Waals surface area contributed by atoms with E-state index in [0.29, 0.717) is 6.42 Å². The SMILES string of the molecule is O=C1CC2=C(CC=C2)N1. The van der Waals surface area contributed by atoms with E-state index in [0.717, 1.165) is 12.1 Å². The average Bonchev–Trinajstić information content (AvgIpc) is 2.22. The van der Waals surface area contributed by atoms with Gasteiger partial charge in [-0.3, -0.25) is 4.79 Å². The van der Waals surface area contributed by atoms with Crippen LogP contribution in [0.25, 0.3) is 0 Å². The summed E-state index contributed by atoms with van der Waals surface area (Å²) in [7, 11) is 0. The highest BCUT2D eigenvalue weighted by atomic mass is 16.1. The lowest BCUT2D eigenvalue weighted by molar-refractivity contribution is -0.118. The van der Waals surface area contributed by atoms with Crippen LogP contribution in [0.2, 0.25) is 0 Å². The van der Waals surface area contributed by atoms with Crippen molar-refractivity contribution < 1.29 is 4.79 Å². The molecule has 1 N–H and O–H groups in total. The molecule has 2 nitrogen and oxygen atoms in total. The van der Waals surface area contributed by atoms with Gasteiger partial charge in [-0.05, 0) is 5.57 Å². The molecule has 1 heterocycles. The maximum absolute atomic E-state index is 10.7. The zero-order valence-electron chi connectivity index (χ0n) is 4.98. The van der Waals surface area contributed by atoms with Crippen LogP contribution in [-0.4, -0.2) is 5.91 Å². The monoisotopic (exact) mass is 121 g/mol. The van der Waals surface area contributed by atoms with Crippen LogP contribution in [0.15, 0.2) is 23.4 Å². The molecule has 1 aliphatic carbocycles. The van der Waals surface area contributed by atoms with E-state index in [9.17, 15) is 4.79 Å². The van der Waals surface area contributed by atoms with Gasteiger partial charge in [-0.2, -0.15) is 0 Å². The van der Waals surface area contributed by atoms with Crippen molar-refractivity contribution in [2.24, 2.45) is 0 Å². The van der Waals surface area contributed by atoms with E-state index in [1.165, 1.54) is 5.57 Å². The Balaban J connectivity index is 2.32. The minimum atomic E-state index is 0.143.